The maximum Gasteiger partial charge on any atom is 0.292 e. The van der Waals surface area contributed by atoms with Gasteiger partial charge in [0.2, 0.25) is 0 Å². The quantitative estimate of drug-likeness (QED) is 0.499. The highest BCUT2D eigenvalue weighted by molar-refractivity contribution is 7.98. The molecular weight excluding hydrogens is 296 g/mol. The highest BCUT2D eigenvalue weighted by Crippen LogP contribution is 2.28. The van der Waals surface area contributed by atoms with Crippen molar-refractivity contribution in [1.29, 1.82) is 0 Å². The summed E-state index contributed by atoms with van der Waals surface area (Å²) in [5, 5.41) is 14.5. The lowest BCUT2D eigenvalue weighted by Crippen LogP contribution is -2.02. The van der Waals surface area contributed by atoms with Gasteiger partial charge in [-0.3, -0.25) is 10.1 Å². The minimum Gasteiger partial charge on any atom is -0.375 e. The molecule has 4 nitrogen and oxygen atoms in total. The van der Waals surface area contributed by atoms with Crippen LogP contribution in [0.3, 0.4) is 0 Å². The van der Waals surface area contributed by atoms with Crippen molar-refractivity contribution in [3.8, 4) is 0 Å². The lowest BCUT2D eigenvalue weighted by atomic mass is 10.2. The Labute approximate surface area is 126 Å². The molecule has 0 aromatic heterocycles. The van der Waals surface area contributed by atoms with Crippen LogP contribution >= 0.6 is 23.4 Å². The van der Waals surface area contributed by atoms with Crippen molar-refractivity contribution in [2.75, 3.05) is 11.6 Å². The average molecular weight is 309 g/mol. The van der Waals surface area contributed by atoms with Gasteiger partial charge in [0.1, 0.15) is 5.69 Å². The zero-order valence-corrected chi connectivity index (χ0v) is 12.4. The molecule has 0 aliphatic heterocycles. The standard InChI is InChI=1S/C14H13ClN2O2S/c1-20-12-5-2-10(3-6-12)9-16-13-8-11(15)4-7-14(13)17(18)19/h2-8,16H,9H2,1H3. The van der Waals surface area contributed by atoms with Crippen molar-refractivity contribution in [3.63, 3.8) is 0 Å². The van der Waals surface area contributed by atoms with E-state index in [0.29, 0.717) is 17.3 Å². The van der Waals surface area contributed by atoms with Crippen LogP contribution < -0.4 is 5.32 Å². The third-order valence-corrected chi connectivity index (χ3v) is 3.78. The Kier molecular flexibility index (Phi) is 4.87. The largest absolute Gasteiger partial charge is 0.375 e. The topological polar surface area (TPSA) is 55.2 Å². The van der Waals surface area contributed by atoms with E-state index in [0.717, 1.165) is 5.56 Å². The first-order valence-corrected chi connectivity index (χ1v) is 7.51. The fourth-order valence-corrected chi connectivity index (χ4v) is 2.33. The predicted molar refractivity (Wildman–Crippen MR) is 83.7 cm³/mol. The summed E-state index contributed by atoms with van der Waals surface area (Å²) in [5.41, 5.74) is 1.50. The van der Waals surface area contributed by atoms with Crippen LogP contribution in [0, 0.1) is 10.1 Å². The number of nitro groups is 1. The second kappa shape index (κ2) is 6.63. The van der Waals surface area contributed by atoms with Crippen molar-refractivity contribution >= 4 is 34.7 Å². The molecule has 0 unspecified atom stereocenters. The van der Waals surface area contributed by atoms with E-state index in [9.17, 15) is 10.1 Å². The van der Waals surface area contributed by atoms with Gasteiger partial charge in [0, 0.05) is 22.5 Å². The summed E-state index contributed by atoms with van der Waals surface area (Å²) >= 11 is 7.55. The van der Waals surface area contributed by atoms with Crippen LogP contribution in [0.15, 0.2) is 47.4 Å². The summed E-state index contributed by atoms with van der Waals surface area (Å²) in [4.78, 5) is 11.7. The van der Waals surface area contributed by atoms with E-state index >= 15 is 0 Å². The molecule has 0 saturated carbocycles. The summed E-state index contributed by atoms with van der Waals surface area (Å²) in [6, 6.07) is 12.5. The Morgan fingerprint density at radius 1 is 1.25 bits per heavy atom. The van der Waals surface area contributed by atoms with Gasteiger partial charge in [0.15, 0.2) is 0 Å². The van der Waals surface area contributed by atoms with Crippen LogP contribution in [-0.4, -0.2) is 11.2 Å². The monoisotopic (exact) mass is 308 g/mol. The van der Waals surface area contributed by atoms with Crippen LogP contribution in [0.25, 0.3) is 0 Å². The van der Waals surface area contributed by atoms with E-state index in [1.54, 1.807) is 17.8 Å². The van der Waals surface area contributed by atoms with E-state index in [1.807, 2.05) is 30.5 Å². The lowest BCUT2D eigenvalue weighted by Gasteiger charge is -2.08. The summed E-state index contributed by atoms with van der Waals surface area (Å²) in [5.74, 6) is 0. The smallest absolute Gasteiger partial charge is 0.292 e. The summed E-state index contributed by atoms with van der Waals surface area (Å²) < 4.78 is 0. The molecule has 2 rings (SSSR count). The molecule has 0 bridgehead atoms. The zero-order valence-electron chi connectivity index (χ0n) is 10.8. The van der Waals surface area contributed by atoms with Gasteiger partial charge in [0.05, 0.1) is 4.92 Å². The van der Waals surface area contributed by atoms with Crippen LogP contribution in [0.2, 0.25) is 5.02 Å². The number of halogens is 1. The summed E-state index contributed by atoms with van der Waals surface area (Å²) in [7, 11) is 0. The molecule has 0 amide bonds. The molecule has 0 spiro atoms. The number of benzene rings is 2. The number of hydrogen-bond acceptors (Lipinski definition) is 4. The van der Waals surface area contributed by atoms with E-state index in [-0.39, 0.29) is 5.69 Å². The van der Waals surface area contributed by atoms with E-state index in [2.05, 4.69) is 5.32 Å². The highest BCUT2D eigenvalue weighted by Gasteiger charge is 2.13. The third kappa shape index (κ3) is 3.65. The molecule has 2 aromatic carbocycles. The minimum absolute atomic E-state index is 0.0233. The molecule has 0 radical (unpaired) electrons. The van der Waals surface area contributed by atoms with Gasteiger partial charge in [-0.1, -0.05) is 23.7 Å². The van der Waals surface area contributed by atoms with E-state index in [4.69, 9.17) is 11.6 Å². The Bertz CT molecular complexity index is 617. The van der Waals surface area contributed by atoms with E-state index in [1.165, 1.54) is 17.0 Å². The van der Waals surface area contributed by atoms with Gasteiger partial charge >= 0.3 is 0 Å². The van der Waals surface area contributed by atoms with Gasteiger partial charge < -0.3 is 5.32 Å². The Morgan fingerprint density at radius 3 is 2.55 bits per heavy atom. The Balaban J connectivity index is 2.13. The Hall–Kier alpha value is -1.72. The number of nitrogens with zero attached hydrogens (tertiary/aromatic N) is 1. The zero-order chi connectivity index (χ0) is 14.5. The van der Waals surface area contributed by atoms with Crippen LogP contribution in [0.1, 0.15) is 5.56 Å². The average Bonchev–Trinajstić information content (AvgIpc) is 2.45. The minimum atomic E-state index is -0.421. The third-order valence-electron chi connectivity index (χ3n) is 2.80. The molecular formula is C14H13ClN2O2S. The second-order valence-corrected chi connectivity index (χ2v) is 5.44. The van der Waals surface area contributed by atoms with E-state index < -0.39 is 4.92 Å². The number of nitro benzene ring substituents is 1. The molecule has 0 saturated heterocycles. The molecule has 1 N–H and O–H groups in total. The number of hydrogen-bond donors (Lipinski definition) is 1. The van der Waals surface area contributed by atoms with Crippen molar-refractivity contribution in [3.05, 3.63) is 63.2 Å². The van der Waals surface area contributed by atoms with Crippen molar-refractivity contribution in [1.82, 2.24) is 0 Å². The number of nitrogens with one attached hydrogen (secondary N) is 1. The Morgan fingerprint density at radius 2 is 1.95 bits per heavy atom. The van der Waals surface area contributed by atoms with Crippen molar-refractivity contribution in [2.45, 2.75) is 11.4 Å². The van der Waals surface area contributed by atoms with Crippen LogP contribution in [0.4, 0.5) is 11.4 Å². The molecule has 20 heavy (non-hydrogen) atoms. The summed E-state index contributed by atoms with van der Waals surface area (Å²) in [6.45, 7) is 0.510. The van der Waals surface area contributed by atoms with Gasteiger partial charge in [0.25, 0.3) is 5.69 Å². The number of anilines is 1. The normalized spacial score (nSPS) is 10.3. The second-order valence-electron chi connectivity index (χ2n) is 4.12. The van der Waals surface area contributed by atoms with Gasteiger partial charge in [-0.2, -0.15) is 0 Å². The molecule has 104 valence electrons. The first-order chi connectivity index (χ1) is 9.60. The SMILES string of the molecule is CSc1ccc(CNc2cc(Cl)ccc2[N+](=O)[O-])cc1. The molecule has 0 heterocycles. The van der Waals surface area contributed by atoms with Gasteiger partial charge in [-0.15, -0.1) is 11.8 Å². The predicted octanol–water partition coefficient (Wildman–Crippen LogP) is 4.58. The summed E-state index contributed by atoms with van der Waals surface area (Å²) in [6.07, 6.45) is 2.02. The molecule has 0 atom stereocenters. The van der Waals surface area contributed by atoms with Crippen molar-refractivity contribution in [2.24, 2.45) is 0 Å². The fraction of sp³-hybridized carbons (Fsp3) is 0.143. The van der Waals surface area contributed by atoms with Crippen molar-refractivity contribution < 1.29 is 4.92 Å². The van der Waals surface area contributed by atoms with Gasteiger partial charge in [-0.25, -0.2) is 0 Å². The van der Waals surface area contributed by atoms with Crippen LogP contribution in [-0.2, 0) is 6.54 Å². The molecule has 2 aromatic rings. The molecule has 0 aliphatic rings. The van der Waals surface area contributed by atoms with Crippen LogP contribution in [0.5, 0.6) is 0 Å². The molecule has 0 fully saturated rings. The molecule has 6 heteroatoms. The lowest BCUT2D eigenvalue weighted by molar-refractivity contribution is -0.384. The van der Waals surface area contributed by atoms with Gasteiger partial charge in [-0.05, 0) is 36.1 Å². The molecule has 0 aliphatic carbocycles. The number of thioether (sulfide) groups is 1. The maximum absolute atomic E-state index is 10.9. The maximum atomic E-state index is 10.9. The first kappa shape index (κ1) is 14.7. The fourth-order valence-electron chi connectivity index (χ4n) is 1.75. The first-order valence-electron chi connectivity index (χ1n) is 5.91. The number of rotatable bonds is 5. The highest BCUT2D eigenvalue weighted by atomic mass is 35.5.